The summed E-state index contributed by atoms with van der Waals surface area (Å²) in [4.78, 5) is 6.17. The number of rotatable bonds is 4. The van der Waals surface area contributed by atoms with Crippen molar-refractivity contribution in [2.45, 2.75) is 27.7 Å². The Morgan fingerprint density at radius 1 is 1.00 bits per heavy atom. The van der Waals surface area contributed by atoms with Gasteiger partial charge in [-0.3, -0.25) is 4.99 Å². The average molecular weight is 346 g/mol. The van der Waals surface area contributed by atoms with E-state index in [0.29, 0.717) is 0 Å². The van der Waals surface area contributed by atoms with Gasteiger partial charge in [-0.15, -0.1) is 11.3 Å². The average Bonchev–Trinajstić information content (AvgIpc) is 2.96. The Kier molecular flexibility index (Phi) is 5.00. The molecular weight excluding hydrogens is 322 g/mol. The summed E-state index contributed by atoms with van der Waals surface area (Å²) in [5.41, 5.74) is 6.75. The lowest BCUT2D eigenvalue weighted by Crippen LogP contribution is -2.03. The summed E-state index contributed by atoms with van der Waals surface area (Å²) in [6.07, 6.45) is 2.05. The van der Waals surface area contributed by atoms with Crippen molar-refractivity contribution in [3.05, 3.63) is 88.5 Å². The molecule has 0 amide bonds. The number of thiophene rings is 1. The second-order valence-corrected chi connectivity index (χ2v) is 7.35. The van der Waals surface area contributed by atoms with Gasteiger partial charge in [-0.1, -0.05) is 60.7 Å². The molecule has 0 aliphatic carbocycles. The van der Waals surface area contributed by atoms with Crippen LogP contribution in [0.4, 0.5) is 0 Å². The van der Waals surface area contributed by atoms with Gasteiger partial charge in [-0.2, -0.15) is 0 Å². The number of nitrogens with zero attached hydrogens (tertiary/aromatic N) is 1. The van der Waals surface area contributed by atoms with E-state index >= 15 is 0 Å². The fourth-order valence-corrected chi connectivity index (χ4v) is 4.02. The lowest BCUT2D eigenvalue weighted by Gasteiger charge is -2.09. The quantitative estimate of drug-likeness (QED) is 0.451. The Labute approximate surface area is 154 Å². The molecule has 2 heteroatoms. The van der Waals surface area contributed by atoms with E-state index in [0.717, 1.165) is 22.5 Å². The highest BCUT2D eigenvalue weighted by Gasteiger charge is 2.15. The van der Waals surface area contributed by atoms with E-state index in [1.54, 1.807) is 0 Å². The van der Waals surface area contributed by atoms with Crippen molar-refractivity contribution in [1.29, 1.82) is 0 Å². The standard InChI is InChI=1S/C23H23NS/c1-6-16(4)24-22(19-13-11-18(12-14-19)15(2)3)23-17(5)20-9-7-8-10-21(20)25-23/h6-14H,2H2,1,3-5H3/b16-6-,24-22?. The Balaban J connectivity index is 2.20. The van der Waals surface area contributed by atoms with Crippen LogP contribution in [0.2, 0.25) is 0 Å². The minimum absolute atomic E-state index is 1.02. The van der Waals surface area contributed by atoms with Crippen LogP contribution < -0.4 is 0 Å². The van der Waals surface area contributed by atoms with Crippen LogP contribution in [0.3, 0.4) is 0 Å². The maximum Gasteiger partial charge on any atom is 0.0880 e. The summed E-state index contributed by atoms with van der Waals surface area (Å²) in [5.74, 6) is 0. The molecule has 3 rings (SSSR count). The number of fused-ring (bicyclic) bond motifs is 1. The molecule has 25 heavy (non-hydrogen) atoms. The Hall–Kier alpha value is -2.45. The van der Waals surface area contributed by atoms with E-state index < -0.39 is 0 Å². The van der Waals surface area contributed by atoms with Crippen LogP contribution in [0.5, 0.6) is 0 Å². The number of aryl methyl sites for hydroxylation is 1. The molecule has 0 aliphatic heterocycles. The zero-order valence-electron chi connectivity index (χ0n) is 15.3. The van der Waals surface area contributed by atoms with E-state index in [-0.39, 0.29) is 0 Å². The van der Waals surface area contributed by atoms with Gasteiger partial charge in [0.25, 0.3) is 0 Å². The molecule has 2 aromatic carbocycles. The highest BCUT2D eigenvalue weighted by atomic mass is 32.1. The third-order valence-corrected chi connectivity index (χ3v) is 5.70. The van der Waals surface area contributed by atoms with Crippen LogP contribution in [0, 0.1) is 6.92 Å². The highest BCUT2D eigenvalue weighted by molar-refractivity contribution is 7.21. The molecule has 1 nitrogen and oxygen atoms in total. The molecule has 0 radical (unpaired) electrons. The Morgan fingerprint density at radius 2 is 1.64 bits per heavy atom. The van der Waals surface area contributed by atoms with Gasteiger partial charge in [0.15, 0.2) is 0 Å². The van der Waals surface area contributed by atoms with Gasteiger partial charge in [0.2, 0.25) is 0 Å². The number of benzene rings is 2. The minimum atomic E-state index is 1.02. The van der Waals surface area contributed by atoms with E-state index in [4.69, 9.17) is 4.99 Å². The second-order valence-electron chi connectivity index (χ2n) is 6.30. The molecule has 0 unspecified atom stereocenters. The second kappa shape index (κ2) is 7.20. The van der Waals surface area contributed by atoms with Crippen molar-refractivity contribution in [2.75, 3.05) is 0 Å². The SMILES string of the molecule is C=C(C)c1ccc(C(=N/C(C)=C\C)c2sc3ccccc3c2C)cc1. The monoisotopic (exact) mass is 345 g/mol. The van der Waals surface area contributed by atoms with Crippen LogP contribution in [0.15, 0.2) is 71.9 Å². The first-order valence-corrected chi connectivity index (χ1v) is 9.29. The fraction of sp³-hybridized carbons (Fsp3) is 0.174. The zero-order valence-corrected chi connectivity index (χ0v) is 16.1. The fourth-order valence-electron chi connectivity index (χ4n) is 2.80. The van der Waals surface area contributed by atoms with Crippen molar-refractivity contribution in [2.24, 2.45) is 4.99 Å². The van der Waals surface area contributed by atoms with E-state index in [1.165, 1.54) is 26.1 Å². The lowest BCUT2D eigenvalue weighted by atomic mass is 10.0. The van der Waals surface area contributed by atoms with Crippen LogP contribution in [-0.4, -0.2) is 5.71 Å². The molecule has 0 bridgehead atoms. The van der Waals surface area contributed by atoms with Crippen LogP contribution in [0.1, 0.15) is 42.3 Å². The van der Waals surface area contributed by atoms with E-state index in [1.807, 2.05) is 38.2 Å². The first kappa shape index (κ1) is 17.4. The van der Waals surface area contributed by atoms with E-state index in [2.05, 4.69) is 62.0 Å². The molecule has 126 valence electrons. The molecule has 0 aliphatic rings. The van der Waals surface area contributed by atoms with Crippen molar-refractivity contribution >= 4 is 32.7 Å². The number of hydrogen-bond acceptors (Lipinski definition) is 2. The molecule has 0 saturated heterocycles. The predicted molar refractivity (Wildman–Crippen MR) is 113 cm³/mol. The highest BCUT2D eigenvalue weighted by Crippen LogP contribution is 2.33. The number of aliphatic imine (C=N–C) groups is 1. The maximum absolute atomic E-state index is 4.93. The topological polar surface area (TPSA) is 12.4 Å². The van der Waals surface area contributed by atoms with Crippen LogP contribution in [-0.2, 0) is 0 Å². The van der Waals surface area contributed by atoms with Crippen molar-refractivity contribution in [3.8, 4) is 0 Å². The molecule has 0 saturated carbocycles. The third kappa shape index (κ3) is 3.49. The molecule has 0 fully saturated rings. The zero-order chi connectivity index (χ0) is 18.0. The van der Waals surface area contributed by atoms with Crippen molar-refractivity contribution in [1.82, 2.24) is 0 Å². The van der Waals surface area contributed by atoms with E-state index in [9.17, 15) is 0 Å². The predicted octanol–water partition coefficient (Wildman–Crippen LogP) is 7.00. The van der Waals surface area contributed by atoms with Crippen molar-refractivity contribution in [3.63, 3.8) is 0 Å². The third-order valence-electron chi connectivity index (χ3n) is 4.42. The summed E-state index contributed by atoms with van der Waals surface area (Å²) >= 11 is 1.81. The number of allylic oxidation sites excluding steroid dienone is 3. The first-order valence-electron chi connectivity index (χ1n) is 8.47. The largest absolute Gasteiger partial charge is 0.252 e. The smallest absolute Gasteiger partial charge is 0.0880 e. The summed E-state index contributed by atoms with van der Waals surface area (Å²) in [6, 6.07) is 17.1. The van der Waals surface area contributed by atoms with Crippen molar-refractivity contribution < 1.29 is 0 Å². The van der Waals surface area contributed by atoms with Gasteiger partial charge in [-0.25, -0.2) is 0 Å². The molecular formula is C23H23NS. The Bertz CT molecular complexity index is 985. The molecule has 0 spiro atoms. The summed E-state index contributed by atoms with van der Waals surface area (Å²) < 4.78 is 1.30. The molecule has 0 atom stereocenters. The van der Waals surface area contributed by atoms with Gasteiger partial charge < -0.3 is 0 Å². The summed E-state index contributed by atoms with van der Waals surface area (Å²) in [6.45, 7) is 12.3. The summed E-state index contributed by atoms with van der Waals surface area (Å²) in [5, 5.41) is 1.31. The molecule has 0 N–H and O–H groups in total. The normalized spacial score (nSPS) is 12.6. The van der Waals surface area contributed by atoms with Gasteiger partial charge >= 0.3 is 0 Å². The summed E-state index contributed by atoms with van der Waals surface area (Å²) in [7, 11) is 0. The molecule has 1 aromatic heterocycles. The maximum atomic E-state index is 4.93. The van der Waals surface area contributed by atoms with Crippen LogP contribution >= 0.6 is 11.3 Å². The van der Waals surface area contributed by atoms with Gasteiger partial charge in [0.05, 0.1) is 10.6 Å². The first-order chi connectivity index (χ1) is 12.0. The van der Waals surface area contributed by atoms with Gasteiger partial charge in [0.1, 0.15) is 0 Å². The minimum Gasteiger partial charge on any atom is -0.252 e. The van der Waals surface area contributed by atoms with Crippen LogP contribution in [0.25, 0.3) is 15.7 Å². The molecule has 1 heterocycles. The lowest BCUT2D eigenvalue weighted by molar-refractivity contribution is 1.28. The molecule has 3 aromatic rings. The van der Waals surface area contributed by atoms with Gasteiger partial charge in [-0.05, 0) is 50.3 Å². The van der Waals surface area contributed by atoms with Gasteiger partial charge in [0, 0.05) is 16.0 Å². The Morgan fingerprint density at radius 3 is 2.24 bits per heavy atom. The number of hydrogen-bond donors (Lipinski definition) is 0.